The number of amides is 2. The van der Waals surface area contributed by atoms with Crippen LogP contribution in [0.4, 0.5) is 4.79 Å². The summed E-state index contributed by atoms with van der Waals surface area (Å²) in [6.45, 7) is 2.06. The molecule has 3 aromatic carbocycles. The van der Waals surface area contributed by atoms with Gasteiger partial charge in [0.1, 0.15) is 12.6 Å². The van der Waals surface area contributed by atoms with Gasteiger partial charge in [0.25, 0.3) is 0 Å². The molecule has 0 aromatic heterocycles. The number of carbonyl (C=O) groups excluding carboxylic acids is 2. The molecule has 0 heterocycles. The molecule has 0 saturated carbocycles. The number of methoxy groups -OCH3 is 1. The number of fused-ring (bicyclic) bond motifs is 3. The van der Waals surface area contributed by atoms with E-state index in [4.69, 9.17) is 14.2 Å². The molecule has 210 valence electrons. The third-order valence-electron chi connectivity index (χ3n) is 6.99. The molecular weight excluding hydrogens is 512 g/mol. The Morgan fingerprint density at radius 2 is 1.50 bits per heavy atom. The molecule has 4 rings (SSSR count). The van der Waals surface area contributed by atoms with Gasteiger partial charge in [-0.25, -0.2) is 9.59 Å². The minimum Gasteiger partial charge on any atom is -0.479 e. The third-order valence-corrected chi connectivity index (χ3v) is 6.99. The number of carboxylic acids is 1. The Morgan fingerprint density at radius 1 is 0.900 bits per heavy atom. The first-order valence-corrected chi connectivity index (χ1v) is 13.2. The van der Waals surface area contributed by atoms with Crippen molar-refractivity contribution in [2.75, 3.05) is 20.3 Å². The van der Waals surface area contributed by atoms with E-state index in [0.717, 1.165) is 27.8 Å². The highest BCUT2D eigenvalue weighted by molar-refractivity contribution is 5.86. The topological polar surface area (TPSA) is 123 Å². The fourth-order valence-electron chi connectivity index (χ4n) is 4.84. The Balaban J connectivity index is 1.40. The first-order chi connectivity index (χ1) is 19.4. The van der Waals surface area contributed by atoms with Crippen molar-refractivity contribution in [2.45, 2.75) is 44.1 Å². The summed E-state index contributed by atoms with van der Waals surface area (Å²) in [7, 11) is 1.29. The maximum absolute atomic E-state index is 13.1. The van der Waals surface area contributed by atoms with E-state index in [9.17, 15) is 19.5 Å². The minimum atomic E-state index is -1.12. The Labute approximate surface area is 233 Å². The van der Waals surface area contributed by atoms with Crippen molar-refractivity contribution in [2.24, 2.45) is 0 Å². The molecule has 0 fully saturated rings. The normalized spacial score (nSPS) is 14.3. The van der Waals surface area contributed by atoms with Crippen molar-refractivity contribution >= 4 is 18.0 Å². The van der Waals surface area contributed by atoms with Gasteiger partial charge in [-0.1, -0.05) is 78.9 Å². The Morgan fingerprint density at radius 3 is 2.10 bits per heavy atom. The van der Waals surface area contributed by atoms with Crippen LogP contribution in [0.2, 0.25) is 0 Å². The molecule has 0 spiro atoms. The zero-order chi connectivity index (χ0) is 28.5. The van der Waals surface area contributed by atoms with Crippen LogP contribution in [0, 0.1) is 0 Å². The number of rotatable bonds is 13. The zero-order valence-corrected chi connectivity index (χ0v) is 22.5. The van der Waals surface area contributed by atoms with Gasteiger partial charge in [0.15, 0.2) is 6.10 Å². The van der Waals surface area contributed by atoms with Crippen LogP contribution in [-0.2, 0) is 30.4 Å². The summed E-state index contributed by atoms with van der Waals surface area (Å²) in [6, 6.07) is 24.4. The van der Waals surface area contributed by atoms with Crippen LogP contribution in [0.5, 0.6) is 0 Å². The summed E-state index contributed by atoms with van der Waals surface area (Å²) < 4.78 is 16.5. The van der Waals surface area contributed by atoms with E-state index in [-0.39, 0.29) is 32.1 Å². The van der Waals surface area contributed by atoms with Crippen molar-refractivity contribution in [1.29, 1.82) is 0 Å². The van der Waals surface area contributed by atoms with E-state index in [1.54, 1.807) is 6.92 Å². The van der Waals surface area contributed by atoms with Crippen LogP contribution in [0.25, 0.3) is 11.1 Å². The smallest absolute Gasteiger partial charge is 0.407 e. The Kier molecular flexibility index (Phi) is 9.88. The first-order valence-electron chi connectivity index (χ1n) is 13.2. The molecule has 0 aliphatic heterocycles. The quantitative estimate of drug-likeness (QED) is 0.295. The van der Waals surface area contributed by atoms with Gasteiger partial charge in [0.05, 0.1) is 12.7 Å². The molecule has 3 aromatic rings. The number of aliphatic carboxylic acids is 1. The van der Waals surface area contributed by atoms with Crippen LogP contribution in [0.15, 0.2) is 78.9 Å². The maximum Gasteiger partial charge on any atom is 0.407 e. The van der Waals surface area contributed by atoms with E-state index >= 15 is 0 Å². The van der Waals surface area contributed by atoms with Crippen molar-refractivity contribution in [3.63, 3.8) is 0 Å². The second-order valence-electron chi connectivity index (χ2n) is 9.59. The van der Waals surface area contributed by atoms with Crippen LogP contribution < -0.4 is 10.6 Å². The average Bonchev–Trinajstić information content (AvgIpc) is 3.29. The summed E-state index contributed by atoms with van der Waals surface area (Å²) in [4.78, 5) is 37.3. The molecular formula is C31H34N2O7. The molecule has 0 radical (unpaired) electrons. The molecule has 40 heavy (non-hydrogen) atoms. The third kappa shape index (κ3) is 7.05. The van der Waals surface area contributed by atoms with Crippen molar-refractivity contribution in [1.82, 2.24) is 10.6 Å². The molecule has 9 nitrogen and oxygen atoms in total. The van der Waals surface area contributed by atoms with Gasteiger partial charge < -0.3 is 30.0 Å². The van der Waals surface area contributed by atoms with E-state index in [2.05, 4.69) is 22.8 Å². The highest BCUT2D eigenvalue weighted by Crippen LogP contribution is 2.44. The van der Waals surface area contributed by atoms with Gasteiger partial charge in [-0.2, -0.15) is 0 Å². The number of benzene rings is 3. The zero-order valence-electron chi connectivity index (χ0n) is 22.5. The second-order valence-corrected chi connectivity index (χ2v) is 9.59. The highest BCUT2D eigenvalue weighted by Gasteiger charge is 2.31. The second kappa shape index (κ2) is 13.7. The predicted octanol–water partition coefficient (Wildman–Crippen LogP) is 4.10. The SMILES string of the molecule is COC(CCNC(=O)[C@H](NC(=O)OCC1c2ccccc2-c2ccccc21)[C@H](C)OCc1ccccc1)C(=O)O. The van der Waals surface area contributed by atoms with Crippen LogP contribution in [-0.4, -0.2) is 61.6 Å². The van der Waals surface area contributed by atoms with E-state index in [0.29, 0.717) is 0 Å². The van der Waals surface area contributed by atoms with E-state index in [1.807, 2.05) is 66.7 Å². The molecule has 2 amide bonds. The van der Waals surface area contributed by atoms with Crippen molar-refractivity contribution < 1.29 is 33.7 Å². The minimum absolute atomic E-state index is 0.0396. The monoisotopic (exact) mass is 546 g/mol. The number of carboxylic acid groups (broad SMARTS) is 1. The Hall–Kier alpha value is -4.21. The fraction of sp³-hybridized carbons (Fsp3) is 0.323. The standard InChI is InChI=1S/C31H34N2O7/c1-20(39-18-21-10-4-3-5-11-21)28(29(34)32-17-16-27(38-2)30(35)36)33-31(37)40-19-26-24-14-8-6-12-22(24)23-13-7-9-15-25(23)26/h3-15,20,26-28H,16-19H2,1-2H3,(H,32,34)(H,33,37)(H,35,36)/t20-,27?,28+/m0/s1. The van der Waals surface area contributed by atoms with E-state index in [1.165, 1.54) is 7.11 Å². The molecule has 9 heteroatoms. The van der Waals surface area contributed by atoms with Gasteiger partial charge in [-0.3, -0.25) is 4.79 Å². The number of ether oxygens (including phenoxy) is 3. The lowest BCUT2D eigenvalue weighted by atomic mass is 9.98. The van der Waals surface area contributed by atoms with Crippen LogP contribution >= 0.6 is 0 Å². The number of carbonyl (C=O) groups is 3. The molecule has 0 bridgehead atoms. The molecule has 3 N–H and O–H groups in total. The predicted molar refractivity (Wildman–Crippen MR) is 149 cm³/mol. The van der Waals surface area contributed by atoms with Gasteiger partial charge >= 0.3 is 12.1 Å². The Bertz CT molecular complexity index is 1270. The summed E-state index contributed by atoms with van der Waals surface area (Å²) >= 11 is 0. The largest absolute Gasteiger partial charge is 0.479 e. The maximum atomic E-state index is 13.1. The average molecular weight is 547 g/mol. The van der Waals surface area contributed by atoms with E-state index < -0.39 is 36.2 Å². The van der Waals surface area contributed by atoms with Crippen molar-refractivity contribution in [3.8, 4) is 11.1 Å². The first kappa shape index (κ1) is 28.8. The number of nitrogens with one attached hydrogen (secondary N) is 2. The fourth-order valence-corrected chi connectivity index (χ4v) is 4.84. The molecule has 1 aliphatic carbocycles. The van der Waals surface area contributed by atoms with Crippen LogP contribution in [0.1, 0.15) is 36.0 Å². The van der Waals surface area contributed by atoms with Gasteiger partial charge in [-0.05, 0) is 34.7 Å². The lowest BCUT2D eigenvalue weighted by Gasteiger charge is -2.25. The molecule has 0 saturated heterocycles. The summed E-state index contributed by atoms with van der Waals surface area (Å²) in [6.07, 6.45) is -2.45. The lowest BCUT2D eigenvalue weighted by Crippen LogP contribution is -2.53. The van der Waals surface area contributed by atoms with Gasteiger partial charge in [0.2, 0.25) is 5.91 Å². The van der Waals surface area contributed by atoms with Crippen LogP contribution in [0.3, 0.4) is 0 Å². The highest BCUT2D eigenvalue weighted by atomic mass is 16.5. The van der Waals surface area contributed by atoms with Crippen molar-refractivity contribution in [3.05, 3.63) is 95.6 Å². The van der Waals surface area contributed by atoms with Gasteiger partial charge in [-0.15, -0.1) is 0 Å². The summed E-state index contributed by atoms with van der Waals surface area (Å²) in [5, 5.41) is 14.5. The number of hydrogen-bond donors (Lipinski definition) is 3. The van der Waals surface area contributed by atoms with Gasteiger partial charge in [0, 0.05) is 26.0 Å². The molecule has 3 atom stereocenters. The summed E-state index contributed by atoms with van der Waals surface area (Å²) in [5.74, 6) is -1.77. The summed E-state index contributed by atoms with van der Waals surface area (Å²) in [5.41, 5.74) is 5.30. The number of alkyl carbamates (subject to hydrolysis) is 1. The molecule has 1 aliphatic rings. The number of hydrogen-bond acceptors (Lipinski definition) is 6. The molecule has 1 unspecified atom stereocenters. The lowest BCUT2D eigenvalue weighted by molar-refractivity contribution is -0.149.